The number of hydrogen-bond donors (Lipinski definition) is 1. The van der Waals surface area contributed by atoms with Crippen LogP contribution in [0.5, 0.6) is 0 Å². The molecule has 2 aromatic rings. The zero-order chi connectivity index (χ0) is 14.5. The van der Waals surface area contributed by atoms with Crippen LogP contribution < -0.4 is 0 Å². The molecule has 0 atom stereocenters. The first kappa shape index (κ1) is 14.7. The zero-order valence-corrected chi connectivity index (χ0v) is 12.9. The van der Waals surface area contributed by atoms with E-state index >= 15 is 0 Å². The van der Waals surface area contributed by atoms with Crippen LogP contribution in [0.1, 0.15) is 38.0 Å². The molecule has 0 unspecified atom stereocenters. The Morgan fingerprint density at radius 3 is 2.90 bits per heavy atom. The first-order valence-corrected chi connectivity index (χ1v) is 8.46. The van der Waals surface area contributed by atoms with Gasteiger partial charge in [-0.05, 0) is 24.3 Å². The summed E-state index contributed by atoms with van der Waals surface area (Å²) in [6.45, 7) is 1.47. The first-order chi connectivity index (χ1) is 10.4. The van der Waals surface area contributed by atoms with Crippen LogP contribution in [0.3, 0.4) is 0 Å². The molecule has 1 fully saturated rings. The summed E-state index contributed by atoms with van der Waals surface area (Å²) in [7, 11) is 0. The van der Waals surface area contributed by atoms with E-state index in [4.69, 9.17) is 4.52 Å². The lowest BCUT2D eigenvalue weighted by atomic mass is 9.94. The summed E-state index contributed by atoms with van der Waals surface area (Å²) >= 11 is 1.61. The highest BCUT2D eigenvalue weighted by Gasteiger charge is 2.23. The summed E-state index contributed by atoms with van der Waals surface area (Å²) in [6.07, 6.45) is 6.28. The fourth-order valence-electron chi connectivity index (χ4n) is 2.96. The topological polar surface area (TPSA) is 62.4 Å². The summed E-state index contributed by atoms with van der Waals surface area (Å²) in [5, 5.41) is 15.4. The molecule has 5 nitrogen and oxygen atoms in total. The van der Waals surface area contributed by atoms with Gasteiger partial charge < -0.3 is 9.63 Å². The van der Waals surface area contributed by atoms with Crippen molar-refractivity contribution in [1.82, 2.24) is 15.0 Å². The number of rotatable bonds is 6. The van der Waals surface area contributed by atoms with Gasteiger partial charge in [0.2, 0.25) is 11.7 Å². The highest BCUT2D eigenvalue weighted by atomic mass is 32.1. The molecule has 1 aliphatic rings. The Labute approximate surface area is 128 Å². The van der Waals surface area contributed by atoms with Crippen molar-refractivity contribution in [2.45, 2.75) is 44.7 Å². The standard InChI is InChI=1S/C15H21N3O2S/c19-9-8-18(12-5-2-1-3-6-12)11-14-16-15(17-20-14)13-7-4-10-21-13/h4,7,10,12,19H,1-3,5-6,8-9,11H2. The molecule has 6 heteroatoms. The Morgan fingerprint density at radius 1 is 1.33 bits per heavy atom. The van der Waals surface area contributed by atoms with Crippen molar-refractivity contribution in [2.24, 2.45) is 0 Å². The van der Waals surface area contributed by atoms with Gasteiger partial charge in [-0.15, -0.1) is 11.3 Å². The highest BCUT2D eigenvalue weighted by Crippen LogP contribution is 2.25. The molecule has 1 aliphatic carbocycles. The van der Waals surface area contributed by atoms with Crippen molar-refractivity contribution in [3.05, 3.63) is 23.4 Å². The highest BCUT2D eigenvalue weighted by molar-refractivity contribution is 7.13. The van der Waals surface area contributed by atoms with Crippen molar-refractivity contribution in [3.63, 3.8) is 0 Å². The average Bonchev–Trinajstić information content (AvgIpc) is 3.19. The maximum absolute atomic E-state index is 9.29. The van der Waals surface area contributed by atoms with E-state index in [1.807, 2.05) is 17.5 Å². The minimum Gasteiger partial charge on any atom is -0.395 e. The van der Waals surface area contributed by atoms with Gasteiger partial charge in [0.05, 0.1) is 18.0 Å². The Kier molecular flexibility index (Phi) is 5.00. The Morgan fingerprint density at radius 2 is 2.19 bits per heavy atom. The van der Waals surface area contributed by atoms with Crippen molar-refractivity contribution in [3.8, 4) is 10.7 Å². The molecule has 1 N–H and O–H groups in total. The van der Waals surface area contributed by atoms with Gasteiger partial charge in [-0.25, -0.2) is 0 Å². The molecule has 0 saturated heterocycles. The fraction of sp³-hybridized carbons (Fsp3) is 0.600. The van der Waals surface area contributed by atoms with Crippen LogP contribution in [0.25, 0.3) is 10.7 Å². The van der Waals surface area contributed by atoms with Crippen molar-refractivity contribution in [2.75, 3.05) is 13.2 Å². The van der Waals surface area contributed by atoms with E-state index in [9.17, 15) is 5.11 Å². The number of aromatic nitrogens is 2. The smallest absolute Gasteiger partial charge is 0.241 e. The van der Waals surface area contributed by atoms with Crippen LogP contribution in [0, 0.1) is 0 Å². The summed E-state index contributed by atoms with van der Waals surface area (Å²) in [5.41, 5.74) is 0. The SMILES string of the molecule is OCCN(Cc1nc(-c2cccs2)no1)C1CCCCC1. The molecule has 2 heterocycles. The molecule has 3 rings (SSSR count). The van der Waals surface area contributed by atoms with Crippen LogP contribution in [0.4, 0.5) is 0 Å². The van der Waals surface area contributed by atoms with Crippen molar-refractivity contribution < 1.29 is 9.63 Å². The average molecular weight is 307 g/mol. The summed E-state index contributed by atoms with van der Waals surface area (Å²) in [4.78, 5) is 7.79. The van der Waals surface area contributed by atoms with E-state index in [2.05, 4.69) is 15.0 Å². The normalized spacial score (nSPS) is 16.7. The van der Waals surface area contributed by atoms with Crippen molar-refractivity contribution >= 4 is 11.3 Å². The molecule has 0 bridgehead atoms. The molecular weight excluding hydrogens is 286 g/mol. The largest absolute Gasteiger partial charge is 0.395 e. The second-order valence-electron chi connectivity index (χ2n) is 5.47. The van der Waals surface area contributed by atoms with E-state index < -0.39 is 0 Å². The van der Waals surface area contributed by atoms with Gasteiger partial charge >= 0.3 is 0 Å². The maximum atomic E-state index is 9.29. The first-order valence-electron chi connectivity index (χ1n) is 7.58. The molecule has 0 aliphatic heterocycles. The Balaban J connectivity index is 1.67. The van der Waals surface area contributed by atoms with Gasteiger partial charge in [0.15, 0.2) is 0 Å². The van der Waals surface area contributed by atoms with Crippen LogP contribution in [-0.4, -0.2) is 39.3 Å². The number of hydrogen-bond acceptors (Lipinski definition) is 6. The van der Waals surface area contributed by atoms with Gasteiger partial charge in [0.25, 0.3) is 0 Å². The lowest BCUT2D eigenvalue weighted by molar-refractivity contribution is 0.105. The molecular formula is C15H21N3O2S. The lowest BCUT2D eigenvalue weighted by Crippen LogP contribution is -2.38. The minimum atomic E-state index is 0.169. The van der Waals surface area contributed by atoms with Crippen LogP contribution in [0.15, 0.2) is 22.0 Å². The fourth-order valence-corrected chi connectivity index (χ4v) is 3.61. The second kappa shape index (κ2) is 7.15. The number of nitrogens with zero attached hydrogens (tertiary/aromatic N) is 3. The maximum Gasteiger partial charge on any atom is 0.241 e. The molecule has 0 amide bonds. The van der Waals surface area contributed by atoms with E-state index in [0.717, 1.165) is 4.88 Å². The Hall–Kier alpha value is -1.24. The van der Waals surface area contributed by atoms with Crippen LogP contribution in [0.2, 0.25) is 0 Å². The van der Waals surface area contributed by atoms with E-state index in [0.29, 0.717) is 30.8 Å². The number of aliphatic hydroxyl groups is 1. The summed E-state index contributed by atoms with van der Waals surface area (Å²) in [5.74, 6) is 1.30. The quantitative estimate of drug-likeness (QED) is 0.889. The Bertz CT molecular complexity index is 535. The summed E-state index contributed by atoms with van der Waals surface area (Å²) in [6, 6.07) is 4.50. The van der Waals surface area contributed by atoms with Gasteiger partial charge in [-0.3, -0.25) is 4.90 Å². The van der Waals surface area contributed by atoms with Gasteiger partial charge in [-0.1, -0.05) is 30.5 Å². The van der Waals surface area contributed by atoms with Crippen LogP contribution >= 0.6 is 11.3 Å². The molecule has 0 aromatic carbocycles. The van der Waals surface area contributed by atoms with Gasteiger partial charge in [-0.2, -0.15) is 4.98 Å². The molecule has 0 radical (unpaired) electrons. The third-order valence-corrected chi connectivity index (χ3v) is 4.89. The predicted molar refractivity (Wildman–Crippen MR) is 82.0 cm³/mol. The monoisotopic (exact) mass is 307 g/mol. The molecule has 0 spiro atoms. The van der Waals surface area contributed by atoms with Gasteiger partial charge in [0, 0.05) is 12.6 Å². The minimum absolute atomic E-state index is 0.169. The number of thiophene rings is 1. The van der Waals surface area contributed by atoms with E-state index in [1.165, 1.54) is 32.1 Å². The van der Waals surface area contributed by atoms with E-state index in [1.54, 1.807) is 11.3 Å². The molecule has 114 valence electrons. The van der Waals surface area contributed by atoms with Crippen molar-refractivity contribution in [1.29, 1.82) is 0 Å². The molecule has 1 saturated carbocycles. The third kappa shape index (κ3) is 3.70. The summed E-state index contributed by atoms with van der Waals surface area (Å²) < 4.78 is 5.38. The molecule has 2 aromatic heterocycles. The second-order valence-corrected chi connectivity index (χ2v) is 6.42. The lowest BCUT2D eigenvalue weighted by Gasteiger charge is -2.32. The number of aliphatic hydroxyl groups excluding tert-OH is 1. The molecule has 21 heavy (non-hydrogen) atoms. The van der Waals surface area contributed by atoms with Gasteiger partial charge in [0.1, 0.15) is 0 Å². The van der Waals surface area contributed by atoms with E-state index in [-0.39, 0.29) is 6.61 Å². The predicted octanol–water partition coefficient (Wildman–Crippen LogP) is 2.93. The zero-order valence-electron chi connectivity index (χ0n) is 12.1. The van der Waals surface area contributed by atoms with Crippen LogP contribution in [-0.2, 0) is 6.54 Å². The third-order valence-electron chi connectivity index (χ3n) is 4.03.